The van der Waals surface area contributed by atoms with Crippen molar-refractivity contribution in [2.45, 2.75) is 84.7 Å². The zero-order valence-electron chi connectivity index (χ0n) is 22.8. The quantitative estimate of drug-likeness (QED) is 0.284. The van der Waals surface area contributed by atoms with Crippen LogP contribution in [-0.2, 0) is 27.3 Å². The second-order valence-electron chi connectivity index (χ2n) is 11.4. The number of ether oxygens (including phenoxy) is 2. The molecule has 0 fully saturated rings. The molecule has 0 aliphatic rings. The van der Waals surface area contributed by atoms with Gasteiger partial charge in [-0.25, -0.2) is 4.79 Å². The first kappa shape index (κ1) is 30.3. The molecule has 0 bridgehead atoms. The number of carboxylic acids is 1. The number of benzene rings is 2. The first-order valence-electron chi connectivity index (χ1n) is 12.9. The summed E-state index contributed by atoms with van der Waals surface area (Å²) in [6.45, 7) is 10.4. The molecular formula is C30H43NO6. The molecule has 3 N–H and O–H groups in total. The number of aliphatic hydroxyl groups excluding tert-OH is 1. The molecule has 204 valence electrons. The number of hydrogen-bond donors (Lipinski definition) is 3. The van der Waals surface area contributed by atoms with Crippen LogP contribution < -0.4 is 5.32 Å². The standard InChI is InChI=1S/C30H43NO6/c1-29(2,3)37-28(35)31-25(20-30(4,5)16-17-36-21-23-14-10-7-11-15-23)26(32)19-24(27(33)34)18-22-12-8-6-9-13-22/h6-15,24-26,32H,16-21H2,1-5H3,(H,31,35)(H,33,34). The van der Waals surface area contributed by atoms with E-state index in [-0.39, 0.29) is 11.8 Å². The number of nitrogens with one attached hydrogen (secondary N) is 1. The van der Waals surface area contributed by atoms with E-state index in [1.54, 1.807) is 20.8 Å². The molecule has 0 spiro atoms. The Labute approximate surface area is 221 Å². The van der Waals surface area contributed by atoms with E-state index in [1.165, 1.54) is 0 Å². The molecule has 0 aliphatic heterocycles. The molecule has 0 aromatic heterocycles. The Morgan fingerprint density at radius 3 is 2.03 bits per heavy atom. The van der Waals surface area contributed by atoms with Gasteiger partial charge in [0.05, 0.1) is 24.7 Å². The third kappa shape index (κ3) is 12.3. The molecule has 2 aromatic carbocycles. The van der Waals surface area contributed by atoms with Crippen LogP contribution in [0.1, 0.15) is 65.0 Å². The topological polar surface area (TPSA) is 105 Å². The van der Waals surface area contributed by atoms with Gasteiger partial charge in [0.2, 0.25) is 0 Å². The van der Waals surface area contributed by atoms with E-state index in [4.69, 9.17) is 9.47 Å². The van der Waals surface area contributed by atoms with Crippen molar-refractivity contribution >= 4 is 12.1 Å². The van der Waals surface area contributed by atoms with Gasteiger partial charge in [-0.05, 0) is 63.0 Å². The summed E-state index contributed by atoms with van der Waals surface area (Å²) < 4.78 is 11.3. The Morgan fingerprint density at radius 1 is 0.919 bits per heavy atom. The Bertz CT molecular complexity index is 955. The minimum absolute atomic E-state index is 0.00524. The van der Waals surface area contributed by atoms with Crippen molar-refractivity contribution in [2.24, 2.45) is 11.3 Å². The minimum atomic E-state index is -1.07. The lowest BCUT2D eigenvalue weighted by molar-refractivity contribution is -0.143. The van der Waals surface area contributed by atoms with Crippen LogP contribution >= 0.6 is 0 Å². The molecule has 37 heavy (non-hydrogen) atoms. The minimum Gasteiger partial charge on any atom is -0.481 e. The number of aliphatic carboxylic acids is 1. The predicted octanol–water partition coefficient (Wildman–Crippen LogP) is 5.60. The van der Waals surface area contributed by atoms with Crippen molar-refractivity contribution in [1.82, 2.24) is 5.32 Å². The van der Waals surface area contributed by atoms with Crippen molar-refractivity contribution in [3.8, 4) is 0 Å². The predicted molar refractivity (Wildman–Crippen MR) is 144 cm³/mol. The smallest absolute Gasteiger partial charge is 0.407 e. The summed E-state index contributed by atoms with van der Waals surface area (Å²) in [6, 6.07) is 18.6. The van der Waals surface area contributed by atoms with E-state index < -0.39 is 35.7 Å². The average Bonchev–Trinajstić information content (AvgIpc) is 2.81. The summed E-state index contributed by atoms with van der Waals surface area (Å²) in [6.07, 6.45) is -0.274. The fourth-order valence-electron chi connectivity index (χ4n) is 4.18. The highest BCUT2D eigenvalue weighted by atomic mass is 16.6. The van der Waals surface area contributed by atoms with Gasteiger partial charge in [0, 0.05) is 6.61 Å². The molecule has 0 radical (unpaired) electrons. The van der Waals surface area contributed by atoms with E-state index >= 15 is 0 Å². The van der Waals surface area contributed by atoms with Crippen LogP contribution in [0.3, 0.4) is 0 Å². The van der Waals surface area contributed by atoms with Crippen LogP contribution in [0.15, 0.2) is 60.7 Å². The van der Waals surface area contributed by atoms with Crippen molar-refractivity contribution in [3.63, 3.8) is 0 Å². The second kappa shape index (κ2) is 14.1. The maximum Gasteiger partial charge on any atom is 0.407 e. The fraction of sp³-hybridized carbons (Fsp3) is 0.533. The van der Waals surface area contributed by atoms with Gasteiger partial charge in [0.25, 0.3) is 0 Å². The summed E-state index contributed by atoms with van der Waals surface area (Å²) >= 11 is 0. The number of amides is 1. The monoisotopic (exact) mass is 513 g/mol. The first-order valence-corrected chi connectivity index (χ1v) is 12.9. The summed E-state index contributed by atoms with van der Waals surface area (Å²) in [4.78, 5) is 24.6. The SMILES string of the molecule is CC(C)(CCOCc1ccccc1)CC(NC(=O)OC(C)(C)C)C(O)CC(Cc1ccccc1)C(=O)O. The lowest BCUT2D eigenvalue weighted by Crippen LogP contribution is -2.48. The Balaban J connectivity index is 2.05. The molecule has 2 rings (SSSR count). The van der Waals surface area contributed by atoms with Crippen LogP contribution in [0.25, 0.3) is 0 Å². The molecule has 1 amide bonds. The van der Waals surface area contributed by atoms with Crippen molar-refractivity contribution < 1.29 is 29.3 Å². The maximum atomic E-state index is 12.6. The van der Waals surface area contributed by atoms with Crippen molar-refractivity contribution in [2.75, 3.05) is 6.61 Å². The highest BCUT2D eigenvalue weighted by Gasteiger charge is 2.33. The van der Waals surface area contributed by atoms with Crippen molar-refractivity contribution in [1.29, 1.82) is 0 Å². The largest absolute Gasteiger partial charge is 0.481 e. The molecule has 0 heterocycles. The van der Waals surface area contributed by atoms with Gasteiger partial charge in [-0.15, -0.1) is 0 Å². The van der Waals surface area contributed by atoms with Crippen LogP contribution in [-0.4, -0.2) is 46.6 Å². The molecule has 0 aliphatic carbocycles. The van der Waals surface area contributed by atoms with E-state index in [0.717, 1.165) is 11.1 Å². The fourth-order valence-corrected chi connectivity index (χ4v) is 4.18. The van der Waals surface area contributed by atoms with Crippen LogP contribution in [0.2, 0.25) is 0 Å². The van der Waals surface area contributed by atoms with Gasteiger partial charge in [0.1, 0.15) is 5.60 Å². The Hall–Kier alpha value is -2.90. The molecule has 0 saturated heterocycles. The number of hydrogen-bond acceptors (Lipinski definition) is 5. The van der Waals surface area contributed by atoms with Gasteiger partial charge in [-0.1, -0.05) is 74.5 Å². The average molecular weight is 514 g/mol. The summed E-state index contributed by atoms with van der Waals surface area (Å²) in [7, 11) is 0. The molecule has 0 saturated carbocycles. The summed E-state index contributed by atoms with van der Waals surface area (Å²) in [5.74, 6) is -1.77. The number of aliphatic hydroxyl groups is 1. The first-order chi connectivity index (χ1) is 17.3. The van der Waals surface area contributed by atoms with E-state index in [2.05, 4.69) is 5.32 Å². The number of alkyl carbamates (subject to hydrolysis) is 1. The van der Waals surface area contributed by atoms with E-state index in [1.807, 2.05) is 74.5 Å². The zero-order valence-corrected chi connectivity index (χ0v) is 22.8. The molecule has 7 heteroatoms. The maximum absolute atomic E-state index is 12.6. The Kier molecular flexibility index (Phi) is 11.6. The van der Waals surface area contributed by atoms with Crippen molar-refractivity contribution in [3.05, 3.63) is 71.8 Å². The molecular weight excluding hydrogens is 470 g/mol. The van der Waals surface area contributed by atoms with Crippen LogP contribution in [0.5, 0.6) is 0 Å². The normalized spacial score (nSPS) is 14.4. The number of carbonyl (C=O) groups is 2. The molecule has 3 atom stereocenters. The zero-order chi connectivity index (χ0) is 27.5. The third-order valence-corrected chi connectivity index (χ3v) is 6.17. The number of carbonyl (C=O) groups excluding carboxylic acids is 1. The Morgan fingerprint density at radius 2 is 1.49 bits per heavy atom. The van der Waals surface area contributed by atoms with Gasteiger partial charge in [-0.3, -0.25) is 4.79 Å². The number of rotatable bonds is 14. The number of carboxylic acid groups (broad SMARTS) is 1. The summed E-state index contributed by atoms with van der Waals surface area (Å²) in [5, 5.41) is 23.8. The highest BCUT2D eigenvalue weighted by molar-refractivity contribution is 5.70. The lowest BCUT2D eigenvalue weighted by atomic mass is 9.79. The van der Waals surface area contributed by atoms with E-state index in [0.29, 0.717) is 32.5 Å². The molecule has 7 nitrogen and oxygen atoms in total. The van der Waals surface area contributed by atoms with Gasteiger partial charge >= 0.3 is 12.1 Å². The summed E-state index contributed by atoms with van der Waals surface area (Å²) in [5.41, 5.74) is 0.986. The molecule has 3 unspecified atom stereocenters. The lowest BCUT2D eigenvalue weighted by Gasteiger charge is -2.34. The van der Waals surface area contributed by atoms with Crippen LogP contribution in [0.4, 0.5) is 4.79 Å². The van der Waals surface area contributed by atoms with Crippen LogP contribution in [0, 0.1) is 11.3 Å². The van der Waals surface area contributed by atoms with Gasteiger partial charge in [0.15, 0.2) is 0 Å². The second-order valence-corrected chi connectivity index (χ2v) is 11.4. The third-order valence-electron chi connectivity index (χ3n) is 6.17. The highest BCUT2D eigenvalue weighted by Crippen LogP contribution is 2.30. The van der Waals surface area contributed by atoms with E-state index in [9.17, 15) is 19.8 Å². The van der Waals surface area contributed by atoms with Gasteiger partial charge < -0.3 is 25.0 Å². The van der Waals surface area contributed by atoms with Gasteiger partial charge in [-0.2, -0.15) is 0 Å². The molecule has 2 aromatic rings.